The first-order valence-electron chi connectivity index (χ1n) is 13.6. The second kappa shape index (κ2) is 16.5. The number of nitrogens with zero attached hydrogens (tertiary/aromatic N) is 1. The molecule has 2 rings (SSSR count). The number of amides is 1. The molecule has 1 aliphatic heterocycles. The summed E-state index contributed by atoms with van der Waals surface area (Å²) in [6, 6.07) is 4.44. The topological polar surface area (TPSA) is 165 Å². The fourth-order valence-corrected chi connectivity index (χ4v) is 4.28. The Bertz CT molecular complexity index is 1110. The molecule has 14 nitrogen and oxygen atoms in total. The third-order valence-corrected chi connectivity index (χ3v) is 6.23. The quantitative estimate of drug-likeness (QED) is 0.241. The maximum absolute atomic E-state index is 12.7. The maximum Gasteiger partial charge on any atom is 0.303 e. The lowest BCUT2D eigenvalue weighted by molar-refractivity contribution is -0.288. The van der Waals surface area contributed by atoms with Crippen LogP contribution in [0, 0.1) is 0 Å². The zero-order chi connectivity index (χ0) is 31.4. The van der Waals surface area contributed by atoms with Gasteiger partial charge in [0.25, 0.3) is 5.91 Å². The van der Waals surface area contributed by atoms with Crippen LogP contribution in [0.1, 0.15) is 51.9 Å². The molecule has 5 atom stereocenters. The van der Waals surface area contributed by atoms with Crippen LogP contribution in [-0.4, -0.2) is 105 Å². The summed E-state index contributed by atoms with van der Waals surface area (Å²) in [5, 5.41) is 2.86. The molecule has 1 fully saturated rings. The molecule has 1 N–H and O–H groups in total. The van der Waals surface area contributed by atoms with Crippen molar-refractivity contribution in [2.45, 2.75) is 72.2 Å². The fourth-order valence-electron chi connectivity index (χ4n) is 4.28. The Morgan fingerprint density at radius 1 is 0.833 bits per heavy atom. The van der Waals surface area contributed by atoms with Gasteiger partial charge in [0.15, 0.2) is 23.7 Å². The van der Waals surface area contributed by atoms with E-state index in [1.54, 1.807) is 0 Å². The standard InChI is InChI=1S/C28H40N2O12/c1-8-30(9-2)13-12-29-27(35)20-10-11-21(22(14-20)36-7)41-28-26(40-19(6)34)25(39-18(5)33)24(38-17(4)32)23(42-28)15-37-16(3)31/h10-11,14,23-26,28H,8-9,12-13,15H2,1-7H3,(H,29,35)/t23-,24+,25+,26-,28-/m0/s1. The Morgan fingerprint density at radius 2 is 1.43 bits per heavy atom. The average molecular weight is 597 g/mol. The molecule has 0 aromatic heterocycles. The van der Waals surface area contributed by atoms with Crippen molar-refractivity contribution in [3.8, 4) is 11.5 Å². The maximum atomic E-state index is 12.7. The second-order valence-corrected chi connectivity index (χ2v) is 9.33. The number of nitrogens with one attached hydrogen (secondary N) is 1. The average Bonchev–Trinajstić information content (AvgIpc) is 2.92. The smallest absolute Gasteiger partial charge is 0.303 e. The molecule has 234 valence electrons. The number of carbonyl (C=O) groups is 5. The van der Waals surface area contributed by atoms with Crippen LogP contribution < -0.4 is 14.8 Å². The van der Waals surface area contributed by atoms with Crippen molar-refractivity contribution in [2.75, 3.05) is 39.9 Å². The summed E-state index contributed by atoms with van der Waals surface area (Å²) in [5.74, 6) is -3.00. The van der Waals surface area contributed by atoms with Crippen molar-refractivity contribution < 1.29 is 57.1 Å². The van der Waals surface area contributed by atoms with Crippen LogP contribution in [0.5, 0.6) is 11.5 Å². The van der Waals surface area contributed by atoms with Crippen molar-refractivity contribution in [1.29, 1.82) is 0 Å². The van der Waals surface area contributed by atoms with Crippen LogP contribution in [0.2, 0.25) is 0 Å². The van der Waals surface area contributed by atoms with Gasteiger partial charge in [-0.25, -0.2) is 0 Å². The van der Waals surface area contributed by atoms with Gasteiger partial charge in [0.05, 0.1) is 7.11 Å². The number of hydrogen-bond donors (Lipinski definition) is 1. The molecule has 1 heterocycles. The third kappa shape index (κ3) is 10.2. The van der Waals surface area contributed by atoms with E-state index in [2.05, 4.69) is 10.2 Å². The van der Waals surface area contributed by atoms with Crippen LogP contribution >= 0.6 is 0 Å². The molecule has 0 radical (unpaired) electrons. The number of benzene rings is 1. The largest absolute Gasteiger partial charge is 0.493 e. The Morgan fingerprint density at radius 3 is 1.98 bits per heavy atom. The highest BCUT2D eigenvalue weighted by Crippen LogP contribution is 2.35. The normalized spacial score (nSPS) is 21.6. The van der Waals surface area contributed by atoms with Crippen LogP contribution in [0.25, 0.3) is 0 Å². The lowest BCUT2D eigenvalue weighted by atomic mass is 9.98. The molecule has 0 spiro atoms. The highest BCUT2D eigenvalue weighted by atomic mass is 16.7. The van der Waals surface area contributed by atoms with Crippen LogP contribution in [0.3, 0.4) is 0 Å². The number of rotatable bonds is 14. The molecule has 42 heavy (non-hydrogen) atoms. The lowest BCUT2D eigenvalue weighted by Crippen LogP contribution is -2.63. The highest BCUT2D eigenvalue weighted by Gasteiger charge is 2.53. The van der Waals surface area contributed by atoms with Gasteiger partial charge in [-0.3, -0.25) is 24.0 Å². The Hall–Kier alpha value is -3.91. The Kier molecular flexibility index (Phi) is 13.5. The molecule has 0 saturated carbocycles. The van der Waals surface area contributed by atoms with E-state index in [-0.39, 0.29) is 17.4 Å². The van der Waals surface area contributed by atoms with Crippen molar-refractivity contribution in [3.05, 3.63) is 23.8 Å². The van der Waals surface area contributed by atoms with Gasteiger partial charge in [0.1, 0.15) is 12.7 Å². The summed E-state index contributed by atoms with van der Waals surface area (Å²) in [5.41, 5.74) is 0.306. The van der Waals surface area contributed by atoms with Gasteiger partial charge in [0.2, 0.25) is 12.4 Å². The van der Waals surface area contributed by atoms with E-state index in [1.807, 2.05) is 13.8 Å². The van der Waals surface area contributed by atoms with Gasteiger partial charge in [-0.2, -0.15) is 0 Å². The Labute approximate surface area is 244 Å². The van der Waals surface area contributed by atoms with Gasteiger partial charge < -0.3 is 43.4 Å². The van der Waals surface area contributed by atoms with Crippen LogP contribution in [0.4, 0.5) is 0 Å². The van der Waals surface area contributed by atoms with E-state index in [9.17, 15) is 24.0 Å². The van der Waals surface area contributed by atoms with E-state index in [0.29, 0.717) is 18.7 Å². The summed E-state index contributed by atoms with van der Waals surface area (Å²) in [4.78, 5) is 62.4. The molecule has 0 bridgehead atoms. The molecule has 0 unspecified atom stereocenters. The van der Waals surface area contributed by atoms with Crippen LogP contribution in [0.15, 0.2) is 18.2 Å². The number of hydrogen-bond acceptors (Lipinski definition) is 13. The molecule has 1 aromatic rings. The van der Waals surface area contributed by atoms with Crippen molar-refractivity contribution in [3.63, 3.8) is 0 Å². The van der Waals surface area contributed by atoms with E-state index in [4.69, 9.17) is 33.2 Å². The summed E-state index contributed by atoms with van der Waals surface area (Å²) in [7, 11) is 1.37. The van der Waals surface area contributed by atoms with Crippen LogP contribution in [-0.2, 0) is 42.9 Å². The van der Waals surface area contributed by atoms with Gasteiger partial charge >= 0.3 is 23.9 Å². The molecule has 0 aliphatic carbocycles. The molecular formula is C28H40N2O12. The van der Waals surface area contributed by atoms with E-state index >= 15 is 0 Å². The zero-order valence-electron chi connectivity index (χ0n) is 25.0. The number of methoxy groups -OCH3 is 1. The molecule has 1 aliphatic rings. The lowest BCUT2D eigenvalue weighted by Gasteiger charge is -2.44. The van der Waals surface area contributed by atoms with E-state index < -0.39 is 61.2 Å². The fraction of sp³-hybridized carbons (Fsp3) is 0.607. The Balaban J connectivity index is 2.39. The molecular weight excluding hydrogens is 556 g/mol. The predicted molar refractivity (Wildman–Crippen MR) is 146 cm³/mol. The second-order valence-electron chi connectivity index (χ2n) is 9.33. The summed E-state index contributed by atoms with van der Waals surface area (Å²) < 4.78 is 38.7. The minimum atomic E-state index is -1.45. The minimum Gasteiger partial charge on any atom is -0.493 e. The van der Waals surface area contributed by atoms with E-state index in [1.165, 1.54) is 32.2 Å². The predicted octanol–water partition coefficient (Wildman–Crippen LogP) is 1.23. The third-order valence-electron chi connectivity index (χ3n) is 6.23. The summed E-state index contributed by atoms with van der Waals surface area (Å²) >= 11 is 0. The first kappa shape index (κ1) is 34.3. The highest BCUT2D eigenvalue weighted by molar-refractivity contribution is 5.94. The van der Waals surface area contributed by atoms with Crippen molar-refractivity contribution >= 4 is 29.8 Å². The molecule has 1 aromatic carbocycles. The van der Waals surface area contributed by atoms with Gasteiger partial charge in [-0.1, -0.05) is 13.8 Å². The monoisotopic (exact) mass is 596 g/mol. The zero-order valence-corrected chi connectivity index (χ0v) is 25.0. The first-order chi connectivity index (χ1) is 19.9. The number of esters is 4. The number of likely N-dealkylation sites (N-methyl/N-ethyl adjacent to an activating group) is 1. The van der Waals surface area contributed by atoms with Crippen molar-refractivity contribution in [2.24, 2.45) is 0 Å². The first-order valence-corrected chi connectivity index (χ1v) is 13.6. The van der Waals surface area contributed by atoms with E-state index in [0.717, 1.165) is 33.9 Å². The number of ether oxygens (including phenoxy) is 7. The molecule has 1 saturated heterocycles. The molecule has 1 amide bonds. The van der Waals surface area contributed by atoms with Gasteiger partial charge in [-0.15, -0.1) is 0 Å². The summed E-state index contributed by atoms with van der Waals surface area (Å²) in [6.07, 6.45) is -6.76. The SMILES string of the molecule is CCN(CC)CCNC(=O)c1ccc(O[C@H]2O[C@@H](COC(C)=O)[C@@H](OC(C)=O)[C@@H](OC(C)=O)[C@@H]2OC(C)=O)c(OC)c1. The van der Waals surface area contributed by atoms with Gasteiger partial charge in [-0.05, 0) is 31.3 Å². The number of carbonyl (C=O) groups excluding carboxylic acids is 5. The molecule has 14 heteroatoms. The van der Waals surface area contributed by atoms with Gasteiger partial charge in [0, 0.05) is 46.3 Å². The minimum absolute atomic E-state index is 0.0955. The summed E-state index contributed by atoms with van der Waals surface area (Å²) in [6.45, 7) is 11.1. The van der Waals surface area contributed by atoms with Crippen molar-refractivity contribution in [1.82, 2.24) is 10.2 Å².